The van der Waals surface area contributed by atoms with Crippen LogP contribution in [0.15, 0.2) is 29.2 Å². The molecule has 3 aromatic rings. The van der Waals surface area contributed by atoms with Crippen LogP contribution in [0.5, 0.6) is 0 Å². The third kappa shape index (κ3) is 4.85. The Labute approximate surface area is 200 Å². The number of aryl methyl sites for hydroxylation is 1. The Hall–Kier alpha value is -3.12. The molecule has 2 fully saturated rings. The summed E-state index contributed by atoms with van der Waals surface area (Å²) in [7, 11) is -3.62. The number of H-pyrrole nitrogens is 1. The van der Waals surface area contributed by atoms with Crippen molar-refractivity contribution in [3.63, 3.8) is 0 Å². The lowest BCUT2D eigenvalue weighted by Gasteiger charge is -2.24. The van der Waals surface area contributed by atoms with Crippen LogP contribution in [0.2, 0.25) is 0 Å². The number of amides is 1. The minimum absolute atomic E-state index is 0.0458. The molecular weight excluding hydrogens is 480 g/mol. The number of alkyl halides is 2. The van der Waals surface area contributed by atoms with Gasteiger partial charge in [-0.25, -0.2) is 27.2 Å². The van der Waals surface area contributed by atoms with Crippen LogP contribution in [0, 0.1) is 12.8 Å². The number of anilines is 3. The first-order chi connectivity index (χ1) is 16.5. The lowest BCUT2D eigenvalue weighted by molar-refractivity contribution is -0.119. The summed E-state index contributed by atoms with van der Waals surface area (Å²) in [5, 5.41) is 5.53. The van der Waals surface area contributed by atoms with Gasteiger partial charge in [0.15, 0.2) is 15.5 Å². The van der Waals surface area contributed by atoms with Gasteiger partial charge in [-0.1, -0.05) is 6.07 Å². The fourth-order valence-corrected chi connectivity index (χ4v) is 5.14. The standard InChI is InChI=1S/C23H25F2N5O4S/c1-12-26-20-16(10-19(29-21(20)27-12)30-22(31)14-11-23(14,24)25)28-15-7-6-13(9-18(15)35(2,32)33)17-5-3-4-8-34-17/h6-7,9-10,14,17H,3-5,8,11H2,1-2H3,(H3,26,27,28,29,30,31)/t14-,17+/m0/s1. The summed E-state index contributed by atoms with van der Waals surface area (Å²) in [5.74, 6) is -4.62. The van der Waals surface area contributed by atoms with Gasteiger partial charge in [-0.15, -0.1) is 0 Å². The Balaban J connectivity index is 1.51. The highest BCUT2D eigenvalue weighted by molar-refractivity contribution is 7.90. The fraction of sp³-hybridized carbons (Fsp3) is 0.435. The van der Waals surface area contributed by atoms with E-state index in [0.29, 0.717) is 35.0 Å². The second-order valence-corrected chi connectivity index (χ2v) is 11.1. The van der Waals surface area contributed by atoms with Gasteiger partial charge in [0.25, 0.3) is 5.92 Å². The van der Waals surface area contributed by atoms with Crippen molar-refractivity contribution in [2.24, 2.45) is 5.92 Å². The van der Waals surface area contributed by atoms with Crippen LogP contribution in [0.4, 0.5) is 26.0 Å². The highest BCUT2D eigenvalue weighted by Crippen LogP contribution is 2.49. The number of imidazole rings is 1. The Morgan fingerprint density at radius 1 is 1.20 bits per heavy atom. The van der Waals surface area contributed by atoms with Crippen molar-refractivity contribution in [3.05, 3.63) is 35.7 Å². The SMILES string of the molecule is Cc1nc2c(Nc3ccc([C@H]4CCCCO4)cc3S(C)(=O)=O)cc(NC(=O)[C@@H]3CC3(F)F)nc2[nH]1. The molecule has 5 rings (SSSR count). The van der Waals surface area contributed by atoms with E-state index < -0.39 is 34.0 Å². The summed E-state index contributed by atoms with van der Waals surface area (Å²) in [5.41, 5.74) is 2.19. The number of aromatic nitrogens is 3. The van der Waals surface area contributed by atoms with Gasteiger partial charge in [0.1, 0.15) is 23.1 Å². The zero-order valence-corrected chi connectivity index (χ0v) is 20.0. The summed E-state index contributed by atoms with van der Waals surface area (Å²) >= 11 is 0. The van der Waals surface area contributed by atoms with Crippen molar-refractivity contribution >= 4 is 44.1 Å². The van der Waals surface area contributed by atoms with Crippen LogP contribution in [0.25, 0.3) is 11.2 Å². The molecule has 2 aliphatic rings. The van der Waals surface area contributed by atoms with Gasteiger partial charge >= 0.3 is 0 Å². The highest BCUT2D eigenvalue weighted by Gasteiger charge is 2.61. The summed E-state index contributed by atoms with van der Waals surface area (Å²) in [6.07, 6.45) is 3.27. The number of rotatable bonds is 6. The smallest absolute Gasteiger partial charge is 0.260 e. The van der Waals surface area contributed by atoms with Crippen LogP contribution >= 0.6 is 0 Å². The second kappa shape index (κ2) is 8.52. The Morgan fingerprint density at radius 2 is 1.97 bits per heavy atom. The molecule has 2 atom stereocenters. The molecule has 12 heteroatoms. The maximum atomic E-state index is 13.3. The van der Waals surface area contributed by atoms with E-state index in [-0.39, 0.29) is 16.8 Å². The van der Waals surface area contributed by atoms with Gasteiger partial charge in [0, 0.05) is 25.3 Å². The number of halogens is 2. The number of carbonyl (C=O) groups is 1. The van der Waals surface area contributed by atoms with Gasteiger partial charge in [0.2, 0.25) is 5.91 Å². The summed E-state index contributed by atoms with van der Waals surface area (Å²) < 4.78 is 57.8. The van der Waals surface area contributed by atoms with E-state index in [2.05, 4.69) is 25.6 Å². The lowest BCUT2D eigenvalue weighted by atomic mass is 10.0. The van der Waals surface area contributed by atoms with E-state index in [4.69, 9.17) is 4.74 Å². The first-order valence-corrected chi connectivity index (χ1v) is 13.2. The number of sulfone groups is 1. The number of ether oxygens (including phenoxy) is 1. The van der Waals surface area contributed by atoms with Crippen molar-refractivity contribution in [1.29, 1.82) is 0 Å². The predicted molar refractivity (Wildman–Crippen MR) is 126 cm³/mol. The van der Waals surface area contributed by atoms with Crippen LogP contribution in [0.3, 0.4) is 0 Å². The van der Waals surface area contributed by atoms with Crippen LogP contribution in [-0.2, 0) is 19.4 Å². The first kappa shape index (κ1) is 23.6. The van der Waals surface area contributed by atoms with E-state index >= 15 is 0 Å². The Morgan fingerprint density at radius 3 is 2.63 bits per heavy atom. The van der Waals surface area contributed by atoms with Gasteiger partial charge in [0.05, 0.1) is 22.4 Å². The van der Waals surface area contributed by atoms with E-state index in [9.17, 15) is 22.0 Å². The summed E-state index contributed by atoms with van der Waals surface area (Å²) in [6.45, 7) is 2.35. The van der Waals surface area contributed by atoms with Crippen LogP contribution < -0.4 is 10.6 Å². The van der Waals surface area contributed by atoms with Gasteiger partial charge in [-0.3, -0.25) is 4.79 Å². The molecule has 186 valence electrons. The first-order valence-electron chi connectivity index (χ1n) is 11.3. The van der Waals surface area contributed by atoms with Crippen LogP contribution in [0.1, 0.15) is 43.2 Å². The average molecular weight is 506 g/mol. The zero-order chi connectivity index (χ0) is 25.0. The van der Waals surface area contributed by atoms with Gasteiger partial charge < -0.3 is 20.4 Å². The molecule has 3 heterocycles. The highest BCUT2D eigenvalue weighted by atomic mass is 32.2. The van der Waals surface area contributed by atoms with E-state index in [0.717, 1.165) is 31.1 Å². The number of carbonyl (C=O) groups excluding carboxylic acids is 1. The fourth-order valence-electron chi connectivity index (χ4n) is 4.27. The molecule has 0 spiro atoms. The maximum Gasteiger partial charge on any atom is 0.260 e. The molecule has 35 heavy (non-hydrogen) atoms. The largest absolute Gasteiger partial charge is 0.374 e. The number of fused-ring (bicyclic) bond motifs is 1. The molecule has 1 aliphatic heterocycles. The molecule has 3 N–H and O–H groups in total. The van der Waals surface area contributed by atoms with Crippen molar-refractivity contribution in [1.82, 2.24) is 15.0 Å². The number of aromatic amines is 1. The van der Waals surface area contributed by atoms with Gasteiger partial charge in [-0.2, -0.15) is 0 Å². The molecule has 1 saturated heterocycles. The lowest BCUT2D eigenvalue weighted by Crippen LogP contribution is -2.18. The minimum atomic E-state index is -3.62. The van der Waals surface area contributed by atoms with Crippen LogP contribution in [-0.4, -0.2) is 48.1 Å². The molecule has 1 aliphatic carbocycles. The molecule has 1 amide bonds. The van der Waals surface area contributed by atoms with Gasteiger partial charge in [-0.05, 0) is 43.9 Å². The number of pyridine rings is 1. The molecule has 0 unspecified atom stereocenters. The molecule has 0 radical (unpaired) electrons. The summed E-state index contributed by atoms with van der Waals surface area (Å²) in [4.78, 5) is 23.9. The summed E-state index contributed by atoms with van der Waals surface area (Å²) in [6, 6.07) is 6.54. The van der Waals surface area contributed by atoms with E-state index in [1.807, 2.05) is 6.07 Å². The predicted octanol–water partition coefficient (Wildman–Crippen LogP) is 4.25. The molecule has 1 saturated carbocycles. The van der Waals surface area contributed by atoms with Crippen molar-refractivity contribution in [2.75, 3.05) is 23.5 Å². The van der Waals surface area contributed by atoms with Crippen molar-refractivity contribution in [2.45, 2.75) is 49.5 Å². The Kier molecular flexibility index (Phi) is 5.75. The quantitative estimate of drug-likeness (QED) is 0.457. The number of hydrogen-bond donors (Lipinski definition) is 3. The third-order valence-electron chi connectivity index (χ3n) is 6.19. The Bertz CT molecular complexity index is 1420. The monoisotopic (exact) mass is 505 g/mol. The second-order valence-electron chi connectivity index (χ2n) is 9.09. The molecular formula is C23H25F2N5O4S. The van der Waals surface area contributed by atoms with E-state index in [1.54, 1.807) is 19.1 Å². The average Bonchev–Trinajstić information content (AvgIpc) is 3.27. The number of nitrogens with zero attached hydrogens (tertiary/aromatic N) is 2. The van der Waals surface area contributed by atoms with E-state index in [1.165, 1.54) is 6.07 Å². The topological polar surface area (TPSA) is 126 Å². The number of hydrogen-bond acceptors (Lipinski definition) is 7. The zero-order valence-electron chi connectivity index (χ0n) is 19.2. The van der Waals surface area contributed by atoms with Crippen molar-refractivity contribution < 1.29 is 26.7 Å². The maximum absolute atomic E-state index is 13.3. The minimum Gasteiger partial charge on any atom is -0.374 e. The number of nitrogens with one attached hydrogen (secondary N) is 3. The van der Waals surface area contributed by atoms with Crippen molar-refractivity contribution in [3.8, 4) is 0 Å². The third-order valence-corrected chi connectivity index (χ3v) is 7.33. The molecule has 9 nitrogen and oxygen atoms in total. The normalized spacial score (nSPS) is 21.6. The molecule has 2 aromatic heterocycles. The molecule has 0 bridgehead atoms. The molecule has 1 aromatic carbocycles. The number of benzene rings is 1.